The van der Waals surface area contributed by atoms with Crippen LogP contribution < -0.4 is 5.32 Å². The fourth-order valence-corrected chi connectivity index (χ4v) is 3.39. The monoisotopic (exact) mass is 321 g/mol. The van der Waals surface area contributed by atoms with Crippen molar-refractivity contribution in [3.05, 3.63) is 35.4 Å². The van der Waals surface area contributed by atoms with Gasteiger partial charge in [-0.15, -0.1) is 0 Å². The molecule has 0 aromatic heterocycles. The van der Waals surface area contributed by atoms with Gasteiger partial charge in [-0.2, -0.15) is 12.6 Å². The fourth-order valence-electron chi connectivity index (χ4n) is 3.08. The van der Waals surface area contributed by atoms with Crippen LogP contribution in [0.15, 0.2) is 24.3 Å². The fraction of sp³-hybridized carbons (Fsp3) is 0.529. The minimum atomic E-state index is -1.06. The van der Waals surface area contributed by atoms with Crippen LogP contribution in [-0.2, 0) is 21.8 Å². The highest BCUT2D eigenvalue weighted by Crippen LogP contribution is 2.28. The standard InChI is InChI=1S/C17H23NO3S/c19-15(9-8-13-6-2-3-7-14(13)12-22)18-17(16(20)21)10-4-1-5-11-17/h2-3,6-7,22H,1,4-5,8-12H2,(H,18,19)(H,20,21). The zero-order valence-electron chi connectivity index (χ0n) is 12.7. The summed E-state index contributed by atoms with van der Waals surface area (Å²) in [4.78, 5) is 23.8. The van der Waals surface area contributed by atoms with Crippen LogP contribution in [0.5, 0.6) is 0 Å². The second-order valence-corrected chi connectivity index (χ2v) is 6.24. The molecule has 1 aliphatic rings. The number of carboxylic acids is 1. The molecule has 0 saturated heterocycles. The number of carbonyl (C=O) groups excluding carboxylic acids is 1. The van der Waals surface area contributed by atoms with Gasteiger partial charge in [0.05, 0.1) is 0 Å². The summed E-state index contributed by atoms with van der Waals surface area (Å²) < 4.78 is 0. The molecule has 0 atom stereocenters. The van der Waals surface area contributed by atoms with Crippen molar-refractivity contribution < 1.29 is 14.7 Å². The number of carboxylic acid groups (broad SMARTS) is 1. The maximum atomic E-state index is 12.2. The van der Waals surface area contributed by atoms with Crippen molar-refractivity contribution in [2.45, 2.75) is 56.2 Å². The van der Waals surface area contributed by atoms with Gasteiger partial charge in [0.1, 0.15) is 5.54 Å². The maximum absolute atomic E-state index is 12.2. The lowest BCUT2D eigenvalue weighted by Crippen LogP contribution is -2.55. The van der Waals surface area contributed by atoms with Gasteiger partial charge in [-0.1, -0.05) is 43.5 Å². The lowest BCUT2D eigenvalue weighted by Gasteiger charge is -2.34. The average Bonchev–Trinajstić information content (AvgIpc) is 2.54. The number of aryl methyl sites for hydroxylation is 1. The Balaban J connectivity index is 1.95. The molecule has 1 saturated carbocycles. The number of hydrogen-bond acceptors (Lipinski definition) is 3. The number of nitrogens with one attached hydrogen (secondary N) is 1. The summed E-state index contributed by atoms with van der Waals surface area (Å²) in [6.45, 7) is 0. The van der Waals surface area contributed by atoms with Crippen molar-refractivity contribution in [2.75, 3.05) is 0 Å². The van der Waals surface area contributed by atoms with Gasteiger partial charge >= 0.3 is 5.97 Å². The molecule has 2 rings (SSSR count). The summed E-state index contributed by atoms with van der Waals surface area (Å²) in [5.41, 5.74) is 1.16. The highest BCUT2D eigenvalue weighted by atomic mass is 32.1. The zero-order chi connectivity index (χ0) is 16.0. The molecule has 5 heteroatoms. The first-order chi connectivity index (χ1) is 10.6. The van der Waals surface area contributed by atoms with Gasteiger partial charge in [0.25, 0.3) is 0 Å². The van der Waals surface area contributed by atoms with Crippen molar-refractivity contribution in [1.82, 2.24) is 5.32 Å². The first-order valence-corrected chi connectivity index (χ1v) is 8.43. The molecular weight excluding hydrogens is 298 g/mol. The molecule has 0 bridgehead atoms. The Morgan fingerprint density at radius 1 is 1.14 bits per heavy atom. The summed E-state index contributed by atoms with van der Waals surface area (Å²) in [6, 6.07) is 7.89. The number of thiol groups is 1. The number of hydrogen-bond donors (Lipinski definition) is 3. The summed E-state index contributed by atoms with van der Waals surface area (Å²) in [7, 11) is 0. The van der Waals surface area contributed by atoms with Crippen LogP contribution in [0.2, 0.25) is 0 Å². The third-order valence-corrected chi connectivity index (χ3v) is 4.75. The first kappa shape index (κ1) is 16.9. The molecule has 1 fully saturated rings. The minimum absolute atomic E-state index is 0.182. The molecule has 120 valence electrons. The van der Waals surface area contributed by atoms with Gasteiger partial charge in [0, 0.05) is 12.2 Å². The van der Waals surface area contributed by atoms with Crippen LogP contribution in [0.1, 0.15) is 49.7 Å². The number of rotatable bonds is 6. The van der Waals surface area contributed by atoms with Crippen LogP contribution in [0.4, 0.5) is 0 Å². The van der Waals surface area contributed by atoms with E-state index in [1.165, 1.54) is 0 Å². The zero-order valence-corrected chi connectivity index (χ0v) is 13.6. The Kier molecular flexibility index (Phi) is 5.89. The lowest BCUT2D eigenvalue weighted by molar-refractivity contribution is -0.149. The molecule has 2 N–H and O–H groups in total. The van der Waals surface area contributed by atoms with E-state index in [0.29, 0.717) is 31.4 Å². The van der Waals surface area contributed by atoms with E-state index in [0.717, 1.165) is 30.4 Å². The summed E-state index contributed by atoms with van der Waals surface area (Å²) >= 11 is 4.29. The van der Waals surface area contributed by atoms with Crippen LogP contribution >= 0.6 is 12.6 Å². The molecule has 1 aliphatic carbocycles. The van der Waals surface area contributed by atoms with Crippen molar-refractivity contribution in [1.29, 1.82) is 0 Å². The molecule has 0 heterocycles. The molecule has 0 spiro atoms. The number of amides is 1. The number of aliphatic carboxylic acids is 1. The molecule has 4 nitrogen and oxygen atoms in total. The van der Waals surface area contributed by atoms with Crippen LogP contribution in [0.3, 0.4) is 0 Å². The highest BCUT2D eigenvalue weighted by Gasteiger charge is 2.40. The van der Waals surface area contributed by atoms with E-state index in [2.05, 4.69) is 17.9 Å². The Hall–Kier alpha value is -1.49. The number of benzene rings is 1. The maximum Gasteiger partial charge on any atom is 0.329 e. The minimum Gasteiger partial charge on any atom is -0.480 e. The predicted molar refractivity (Wildman–Crippen MR) is 89.0 cm³/mol. The smallest absolute Gasteiger partial charge is 0.329 e. The predicted octanol–water partition coefficient (Wildman–Crippen LogP) is 2.95. The van der Waals surface area contributed by atoms with E-state index < -0.39 is 11.5 Å². The second kappa shape index (κ2) is 7.68. The summed E-state index contributed by atoms with van der Waals surface area (Å²) in [5, 5.41) is 12.3. The van der Waals surface area contributed by atoms with Crippen LogP contribution in [-0.4, -0.2) is 22.5 Å². The van der Waals surface area contributed by atoms with Crippen LogP contribution in [0.25, 0.3) is 0 Å². The van der Waals surface area contributed by atoms with E-state index in [4.69, 9.17) is 0 Å². The molecule has 1 amide bonds. The molecule has 1 aromatic carbocycles. The molecule has 22 heavy (non-hydrogen) atoms. The average molecular weight is 321 g/mol. The largest absolute Gasteiger partial charge is 0.480 e. The van der Waals surface area contributed by atoms with E-state index in [1.807, 2.05) is 24.3 Å². The Morgan fingerprint density at radius 2 is 1.77 bits per heavy atom. The van der Waals surface area contributed by atoms with Crippen molar-refractivity contribution in [3.63, 3.8) is 0 Å². The Labute approximate surface area is 136 Å². The van der Waals surface area contributed by atoms with Crippen molar-refractivity contribution in [2.24, 2.45) is 0 Å². The molecule has 0 aliphatic heterocycles. The lowest BCUT2D eigenvalue weighted by atomic mass is 9.81. The molecule has 0 unspecified atom stereocenters. The quantitative estimate of drug-likeness (QED) is 0.706. The molecule has 1 aromatic rings. The summed E-state index contributed by atoms with van der Waals surface area (Å²) in [6.07, 6.45) is 4.73. The van der Waals surface area contributed by atoms with Gasteiger partial charge in [0.2, 0.25) is 5.91 Å². The Morgan fingerprint density at radius 3 is 2.36 bits per heavy atom. The molecular formula is C17H23NO3S. The van der Waals surface area contributed by atoms with E-state index in [9.17, 15) is 14.7 Å². The Bertz CT molecular complexity index is 538. The van der Waals surface area contributed by atoms with Gasteiger partial charge in [-0.25, -0.2) is 4.79 Å². The van der Waals surface area contributed by atoms with Crippen LogP contribution in [0, 0.1) is 0 Å². The van der Waals surface area contributed by atoms with Gasteiger partial charge < -0.3 is 10.4 Å². The second-order valence-electron chi connectivity index (χ2n) is 5.92. The van der Waals surface area contributed by atoms with Gasteiger partial charge in [-0.3, -0.25) is 4.79 Å². The van der Waals surface area contributed by atoms with Crippen molar-refractivity contribution in [3.8, 4) is 0 Å². The van der Waals surface area contributed by atoms with Gasteiger partial charge in [0.15, 0.2) is 0 Å². The van der Waals surface area contributed by atoms with E-state index in [1.54, 1.807) is 0 Å². The van der Waals surface area contributed by atoms with E-state index >= 15 is 0 Å². The highest BCUT2D eigenvalue weighted by molar-refractivity contribution is 7.79. The van der Waals surface area contributed by atoms with Gasteiger partial charge in [-0.05, 0) is 30.4 Å². The summed E-state index contributed by atoms with van der Waals surface area (Å²) in [5.74, 6) is -0.453. The number of carbonyl (C=O) groups is 2. The SMILES string of the molecule is O=C(CCc1ccccc1CS)NC1(C(=O)O)CCCCC1. The molecule has 0 radical (unpaired) electrons. The first-order valence-electron chi connectivity index (χ1n) is 7.79. The topological polar surface area (TPSA) is 66.4 Å². The van der Waals surface area contributed by atoms with E-state index in [-0.39, 0.29) is 5.91 Å². The third-order valence-electron chi connectivity index (χ3n) is 4.41. The van der Waals surface area contributed by atoms with Crippen molar-refractivity contribution >= 4 is 24.5 Å². The third kappa shape index (κ3) is 4.03. The normalized spacial score (nSPS) is 17.0.